The summed E-state index contributed by atoms with van der Waals surface area (Å²) in [5.74, 6) is 2.14. The quantitative estimate of drug-likeness (QED) is 0.478. The van der Waals surface area contributed by atoms with Crippen LogP contribution in [0.25, 0.3) is 0 Å². The summed E-state index contributed by atoms with van der Waals surface area (Å²) in [4.78, 5) is 23.7. The molecule has 18 heavy (non-hydrogen) atoms. The third kappa shape index (κ3) is 2.09. The van der Waals surface area contributed by atoms with Crippen LogP contribution in [-0.2, 0) is 4.79 Å². The van der Waals surface area contributed by atoms with E-state index in [-0.39, 0.29) is 29.6 Å². The number of carbonyl (C=O) groups excluding carboxylic acids is 1. The van der Waals surface area contributed by atoms with Gasteiger partial charge in [-0.05, 0) is 22.0 Å². The molecule has 6 heteroatoms. The molecule has 1 saturated heterocycles. The van der Waals surface area contributed by atoms with Crippen LogP contribution in [0.3, 0.4) is 0 Å². The highest BCUT2D eigenvalue weighted by atomic mass is 79.9. The van der Waals surface area contributed by atoms with E-state index in [1.165, 1.54) is 11.0 Å². The van der Waals surface area contributed by atoms with Gasteiger partial charge in [0.25, 0.3) is 5.69 Å². The lowest BCUT2D eigenvalue weighted by molar-refractivity contribution is -0.384. The Labute approximate surface area is 112 Å². The predicted octanol–water partition coefficient (Wildman–Crippen LogP) is 2.34. The van der Waals surface area contributed by atoms with Crippen LogP contribution in [0, 0.1) is 28.4 Å². The van der Waals surface area contributed by atoms with E-state index < -0.39 is 4.92 Å². The number of nitro benzene ring substituents is 1. The fraction of sp³-hybridized carbons (Fsp3) is 0.250. The number of carbonyl (C=O) groups is 1. The number of nitrogens with zero attached hydrogens (tertiary/aromatic N) is 2. The average Bonchev–Trinajstić information content (AvgIpc) is 2.70. The van der Waals surface area contributed by atoms with E-state index in [4.69, 9.17) is 6.42 Å². The number of terminal acetylenes is 1. The van der Waals surface area contributed by atoms with Crippen LogP contribution < -0.4 is 4.90 Å². The Balaban J connectivity index is 2.49. The summed E-state index contributed by atoms with van der Waals surface area (Å²) in [6.07, 6.45) is 5.53. The van der Waals surface area contributed by atoms with Crippen molar-refractivity contribution in [2.75, 3.05) is 11.4 Å². The molecule has 1 aromatic carbocycles. The molecule has 1 unspecified atom stereocenters. The van der Waals surface area contributed by atoms with Crippen LogP contribution in [0.5, 0.6) is 0 Å². The van der Waals surface area contributed by atoms with Crippen molar-refractivity contribution in [1.82, 2.24) is 0 Å². The van der Waals surface area contributed by atoms with Gasteiger partial charge in [0.15, 0.2) is 0 Å². The number of benzene rings is 1. The van der Waals surface area contributed by atoms with E-state index in [2.05, 4.69) is 21.9 Å². The van der Waals surface area contributed by atoms with E-state index in [1.807, 2.05) is 0 Å². The molecule has 0 spiro atoms. The van der Waals surface area contributed by atoms with Crippen molar-refractivity contribution in [3.63, 3.8) is 0 Å². The van der Waals surface area contributed by atoms with Gasteiger partial charge in [0, 0.05) is 29.4 Å². The highest BCUT2D eigenvalue weighted by Crippen LogP contribution is 2.38. The summed E-state index contributed by atoms with van der Waals surface area (Å²) in [6, 6.07) is 4.60. The molecule has 5 nitrogen and oxygen atoms in total. The molecule has 1 heterocycles. The molecule has 0 radical (unpaired) electrons. The number of rotatable bonds is 2. The summed E-state index contributed by atoms with van der Waals surface area (Å²) in [6.45, 7) is 0.318. The molecule has 0 bridgehead atoms. The molecule has 2 rings (SSSR count). The van der Waals surface area contributed by atoms with E-state index in [9.17, 15) is 14.9 Å². The summed E-state index contributed by atoms with van der Waals surface area (Å²) in [5.41, 5.74) is 0.181. The standard InChI is InChI=1S/C12H9BrN2O3/c1-2-8-6-11(16)14(7-8)12-9(13)4-3-5-10(12)15(17)18/h1,3-5,8H,6-7H2. The topological polar surface area (TPSA) is 63.5 Å². The molecule has 1 amide bonds. The van der Waals surface area contributed by atoms with Gasteiger partial charge in [-0.1, -0.05) is 6.07 Å². The fourth-order valence-corrected chi connectivity index (χ4v) is 2.52. The van der Waals surface area contributed by atoms with Crippen molar-refractivity contribution in [2.45, 2.75) is 6.42 Å². The molecule has 1 aromatic rings. The van der Waals surface area contributed by atoms with Crippen LogP contribution >= 0.6 is 15.9 Å². The van der Waals surface area contributed by atoms with Gasteiger partial charge in [-0.2, -0.15) is 0 Å². The number of hydrogen-bond acceptors (Lipinski definition) is 3. The number of para-hydroxylation sites is 1. The molecule has 1 aliphatic rings. The molecule has 92 valence electrons. The normalized spacial score (nSPS) is 18.8. The first-order valence-electron chi connectivity index (χ1n) is 5.24. The van der Waals surface area contributed by atoms with Crippen molar-refractivity contribution >= 4 is 33.2 Å². The molecule has 0 N–H and O–H groups in total. The Morgan fingerprint density at radius 1 is 1.56 bits per heavy atom. The summed E-state index contributed by atoms with van der Waals surface area (Å²) < 4.78 is 0.516. The first-order valence-corrected chi connectivity index (χ1v) is 6.03. The molecular formula is C12H9BrN2O3. The second-order valence-electron chi connectivity index (χ2n) is 3.94. The maximum Gasteiger partial charge on any atom is 0.294 e. The zero-order chi connectivity index (χ0) is 13.3. The van der Waals surface area contributed by atoms with E-state index in [0.29, 0.717) is 11.0 Å². The second-order valence-corrected chi connectivity index (χ2v) is 4.79. The predicted molar refractivity (Wildman–Crippen MR) is 70.1 cm³/mol. The van der Waals surface area contributed by atoms with Crippen molar-refractivity contribution in [3.8, 4) is 12.3 Å². The van der Waals surface area contributed by atoms with Gasteiger partial charge in [0.2, 0.25) is 5.91 Å². The summed E-state index contributed by atoms with van der Waals surface area (Å²) >= 11 is 3.24. The van der Waals surface area contributed by atoms with E-state index in [0.717, 1.165) is 0 Å². The minimum Gasteiger partial charge on any atom is -0.304 e. The van der Waals surface area contributed by atoms with Crippen LogP contribution in [0.2, 0.25) is 0 Å². The van der Waals surface area contributed by atoms with E-state index >= 15 is 0 Å². The summed E-state index contributed by atoms with van der Waals surface area (Å²) in [7, 11) is 0. The van der Waals surface area contributed by atoms with Gasteiger partial charge >= 0.3 is 0 Å². The Morgan fingerprint density at radius 3 is 2.83 bits per heavy atom. The highest BCUT2D eigenvalue weighted by molar-refractivity contribution is 9.10. The van der Waals surface area contributed by atoms with Gasteiger partial charge in [0.05, 0.1) is 4.92 Å². The van der Waals surface area contributed by atoms with Crippen LogP contribution in [0.15, 0.2) is 22.7 Å². The number of halogens is 1. The fourth-order valence-electron chi connectivity index (χ4n) is 1.95. The number of amides is 1. The van der Waals surface area contributed by atoms with Crippen molar-refractivity contribution in [3.05, 3.63) is 32.8 Å². The average molecular weight is 309 g/mol. The molecule has 1 atom stereocenters. The molecule has 0 saturated carbocycles. The largest absolute Gasteiger partial charge is 0.304 e. The Kier molecular flexibility index (Phi) is 3.34. The zero-order valence-electron chi connectivity index (χ0n) is 9.30. The van der Waals surface area contributed by atoms with E-state index in [1.54, 1.807) is 12.1 Å². The first kappa shape index (κ1) is 12.6. The minimum absolute atomic E-state index is 0.101. The number of hydrogen-bond donors (Lipinski definition) is 0. The molecular weight excluding hydrogens is 300 g/mol. The Bertz CT molecular complexity index is 565. The summed E-state index contributed by atoms with van der Waals surface area (Å²) in [5, 5.41) is 11.0. The van der Waals surface area contributed by atoms with Crippen molar-refractivity contribution in [2.24, 2.45) is 5.92 Å². The number of anilines is 1. The van der Waals surface area contributed by atoms with Crippen LogP contribution in [-0.4, -0.2) is 17.4 Å². The van der Waals surface area contributed by atoms with Gasteiger partial charge in [0.1, 0.15) is 5.69 Å². The maximum absolute atomic E-state index is 11.9. The molecule has 0 aliphatic carbocycles. The third-order valence-corrected chi connectivity index (χ3v) is 3.43. The second kappa shape index (κ2) is 4.78. The lowest BCUT2D eigenvalue weighted by Gasteiger charge is -2.17. The van der Waals surface area contributed by atoms with Crippen LogP contribution in [0.4, 0.5) is 11.4 Å². The molecule has 0 aromatic heterocycles. The lowest BCUT2D eigenvalue weighted by atomic mass is 10.1. The van der Waals surface area contributed by atoms with Crippen molar-refractivity contribution in [1.29, 1.82) is 0 Å². The maximum atomic E-state index is 11.9. The third-order valence-electron chi connectivity index (χ3n) is 2.79. The highest BCUT2D eigenvalue weighted by Gasteiger charge is 2.34. The molecule has 1 fully saturated rings. The van der Waals surface area contributed by atoms with Gasteiger partial charge in [-0.15, -0.1) is 12.3 Å². The number of nitro groups is 1. The molecule has 1 aliphatic heterocycles. The lowest BCUT2D eigenvalue weighted by Crippen LogP contribution is -2.25. The van der Waals surface area contributed by atoms with Gasteiger partial charge < -0.3 is 4.90 Å². The van der Waals surface area contributed by atoms with Crippen molar-refractivity contribution < 1.29 is 9.72 Å². The first-order chi connectivity index (χ1) is 8.54. The Hall–Kier alpha value is -1.87. The smallest absolute Gasteiger partial charge is 0.294 e. The SMILES string of the molecule is C#CC1CC(=O)N(c2c(Br)cccc2[N+](=O)[O-])C1. The van der Waals surface area contributed by atoms with Gasteiger partial charge in [-0.3, -0.25) is 14.9 Å². The van der Waals surface area contributed by atoms with Crippen LogP contribution in [0.1, 0.15) is 6.42 Å². The minimum atomic E-state index is -0.503. The Morgan fingerprint density at radius 2 is 2.28 bits per heavy atom. The zero-order valence-corrected chi connectivity index (χ0v) is 10.9. The monoisotopic (exact) mass is 308 g/mol. The van der Waals surface area contributed by atoms with Gasteiger partial charge in [-0.25, -0.2) is 0 Å².